The number of aliphatic hydroxyl groups is 1. The topological polar surface area (TPSA) is 52.6 Å². The van der Waals surface area contributed by atoms with Crippen molar-refractivity contribution < 1.29 is 9.90 Å². The molecule has 2 unspecified atom stereocenters. The molecule has 1 heterocycles. The largest absolute Gasteiger partial charge is 0.396 e. The number of nitrogens with one attached hydrogen (secondary N) is 1. The summed E-state index contributed by atoms with van der Waals surface area (Å²) in [6.07, 6.45) is 1.55. The smallest absolute Gasteiger partial charge is 0.240 e. The van der Waals surface area contributed by atoms with Crippen LogP contribution in [0.5, 0.6) is 0 Å². The van der Waals surface area contributed by atoms with Crippen molar-refractivity contribution in [2.24, 2.45) is 0 Å². The van der Waals surface area contributed by atoms with Gasteiger partial charge in [0.25, 0.3) is 0 Å². The second-order valence-corrected chi connectivity index (χ2v) is 4.56. The van der Waals surface area contributed by atoms with E-state index in [4.69, 9.17) is 5.11 Å². The molecule has 1 aliphatic heterocycles. The first-order chi connectivity index (χ1) is 7.06. The highest BCUT2D eigenvalue weighted by Crippen LogP contribution is 2.16. The van der Waals surface area contributed by atoms with E-state index in [0.717, 1.165) is 13.0 Å². The van der Waals surface area contributed by atoms with E-state index in [1.165, 1.54) is 0 Å². The van der Waals surface area contributed by atoms with Gasteiger partial charge in [0.05, 0.1) is 6.04 Å². The number of hydrogen-bond donors (Lipinski definition) is 2. The molecule has 2 atom stereocenters. The fraction of sp³-hybridized carbons (Fsp3) is 0.909. The molecule has 0 saturated carbocycles. The Morgan fingerprint density at radius 3 is 2.73 bits per heavy atom. The summed E-state index contributed by atoms with van der Waals surface area (Å²) in [5.41, 5.74) is 0. The first kappa shape index (κ1) is 12.5. The van der Waals surface area contributed by atoms with Crippen molar-refractivity contribution >= 4 is 5.91 Å². The van der Waals surface area contributed by atoms with E-state index in [1.54, 1.807) is 0 Å². The number of nitrogens with zero attached hydrogens (tertiary/aromatic N) is 1. The molecule has 1 amide bonds. The highest BCUT2D eigenvalue weighted by Gasteiger charge is 2.33. The van der Waals surface area contributed by atoms with Crippen molar-refractivity contribution in [3.63, 3.8) is 0 Å². The van der Waals surface area contributed by atoms with E-state index in [0.29, 0.717) is 12.5 Å². The van der Waals surface area contributed by atoms with Crippen LogP contribution in [0.15, 0.2) is 0 Å². The Hall–Kier alpha value is -0.610. The van der Waals surface area contributed by atoms with Crippen LogP contribution in [0.25, 0.3) is 0 Å². The predicted octanol–water partition coefficient (Wildman–Crippen LogP) is 0.356. The van der Waals surface area contributed by atoms with Crippen molar-refractivity contribution in [2.75, 3.05) is 13.2 Å². The maximum absolute atomic E-state index is 11.9. The zero-order valence-corrected chi connectivity index (χ0v) is 9.86. The van der Waals surface area contributed by atoms with Crippen LogP contribution in [-0.2, 0) is 4.79 Å². The van der Waals surface area contributed by atoms with Crippen LogP contribution < -0.4 is 5.32 Å². The molecule has 88 valence electrons. The number of carbonyl (C=O) groups excluding carboxylic acids is 1. The monoisotopic (exact) mass is 214 g/mol. The molecular weight excluding hydrogens is 192 g/mol. The molecule has 1 saturated heterocycles. The number of hydrogen-bond acceptors (Lipinski definition) is 3. The lowest BCUT2D eigenvalue weighted by molar-refractivity contribution is -0.131. The molecule has 0 aromatic heterocycles. The molecule has 4 heteroatoms. The number of aliphatic hydroxyl groups excluding tert-OH is 1. The molecule has 0 aromatic carbocycles. The first-order valence-electron chi connectivity index (χ1n) is 5.73. The summed E-state index contributed by atoms with van der Waals surface area (Å²) < 4.78 is 0. The molecule has 0 spiro atoms. The standard InChI is InChI=1S/C11H22N2O2/c1-8(2)12-10-4-6-13(11(10)15)9(3)5-7-14/h8-10,12,14H,4-7H2,1-3H3. The van der Waals surface area contributed by atoms with E-state index in [-0.39, 0.29) is 24.6 Å². The summed E-state index contributed by atoms with van der Waals surface area (Å²) >= 11 is 0. The van der Waals surface area contributed by atoms with Crippen LogP contribution in [0.1, 0.15) is 33.6 Å². The van der Waals surface area contributed by atoms with Gasteiger partial charge in [0.2, 0.25) is 5.91 Å². The highest BCUT2D eigenvalue weighted by molar-refractivity contribution is 5.84. The molecular formula is C11H22N2O2. The summed E-state index contributed by atoms with van der Waals surface area (Å²) in [4.78, 5) is 13.8. The van der Waals surface area contributed by atoms with E-state index in [9.17, 15) is 4.79 Å². The van der Waals surface area contributed by atoms with E-state index in [1.807, 2.05) is 25.7 Å². The Morgan fingerprint density at radius 2 is 2.20 bits per heavy atom. The van der Waals surface area contributed by atoms with E-state index >= 15 is 0 Å². The second kappa shape index (κ2) is 5.47. The van der Waals surface area contributed by atoms with Crippen molar-refractivity contribution in [1.82, 2.24) is 10.2 Å². The van der Waals surface area contributed by atoms with Gasteiger partial charge in [0.1, 0.15) is 0 Å². The molecule has 0 bridgehead atoms. The molecule has 2 N–H and O–H groups in total. The van der Waals surface area contributed by atoms with Crippen molar-refractivity contribution in [2.45, 2.75) is 51.7 Å². The Kier molecular flexibility index (Phi) is 4.54. The third-order valence-electron chi connectivity index (χ3n) is 2.85. The third-order valence-corrected chi connectivity index (χ3v) is 2.85. The fourth-order valence-electron chi connectivity index (χ4n) is 2.04. The first-order valence-corrected chi connectivity index (χ1v) is 5.73. The van der Waals surface area contributed by atoms with Gasteiger partial charge in [-0.3, -0.25) is 4.79 Å². The van der Waals surface area contributed by atoms with Gasteiger partial charge < -0.3 is 15.3 Å². The summed E-state index contributed by atoms with van der Waals surface area (Å²) in [6, 6.07) is 0.472. The van der Waals surface area contributed by atoms with Gasteiger partial charge in [-0.1, -0.05) is 13.8 Å². The zero-order valence-electron chi connectivity index (χ0n) is 9.86. The Bertz CT molecular complexity index is 219. The Balaban J connectivity index is 2.48. The minimum Gasteiger partial charge on any atom is -0.396 e. The Morgan fingerprint density at radius 1 is 1.53 bits per heavy atom. The normalized spacial score (nSPS) is 23.9. The quantitative estimate of drug-likeness (QED) is 0.694. The van der Waals surface area contributed by atoms with Gasteiger partial charge in [-0.2, -0.15) is 0 Å². The SMILES string of the molecule is CC(C)NC1CCN(C(C)CCO)C1=O. The van der Waals surface area contributed by atoms with Crippen LogP contribution in [0.2, 0.25) is 0 Å². The van der Waals surface area contributed by atoms with E-state index < -0.39 is 0 Å². The van der Waals surface area contributed by atoms with Crippen molar-refractivity contribution in [3.8, 4) is 0 Å². The molecule has 1 aliphatic rings. The summed E-state index contributed by atoms with van der Waals surface area (Å²) in [5, 5.41) is 12.1. The van der Waals surface area contributed by atoms with Gasteiger partial charge in [-0.15, -0.1) is 0 Å². The molecule has 0 aromatic rings. The molecule has 0 aliphatic carbocycles. The molecule has 15 heavy (non-hydrogen) atoms. The summed E-state index contributed by atoms with van der Waals surface area (Å²) in [5.74, 6) is 0.185. The minimum atomic E-state index is -0.0221. The highest BCUT2D eigenvalue weighted by atomic mass is 16.3. The maximum atomic E-state index is 11.9. The van der Waals surface area contributed by atoms with Gasteiger partial charge in [-0.25, -0.2) is 0 Å². The van der Waals surface area contributed by atoms with Crippen LogP contribution in [0, 0.1) is 0 Å². The second-order valence-electron chi connectivity index (χ2n) is 4.56. The van der Waals surface area contributed by atoms with Crippen LogP contribution in [-0.4, -0.2) is 47.2 Å². The van der Waals surface area contributed by atoms with Crippen LogP contribution >= 0.6 is 0 Å². The lowest BCUT2D eigenvalue weighted by atomic mass is 10.2. The van der Waals surface area contributed by atoms with Gasteiger partial charge >= 0.3 is 0 Å². The average molecular weight is 214 g/mol. The van der Waals surface area contributed by atoms with Gasteiger partial charge in [0.15, 0.2) is 0 Å². The number of rotatable bonds is 5. The van der Waals surface area contributed by atoms with Crippen LogP contribution in [0.4, 0.5) is 0 Å². The van der Waals surface area contributed by atoms with Gasteiger partial charge in [0, 0.05) is 25.2 Å². The third kappa shape index (κ3) is 3.18. The zero-order chi connectivity index (χ0) is 11.4. The molecule has 0 radical (unpaired) electrons. The number of amides is 1. The molecule has 4 nitrogen and oxygen atoms in total. The maximum Gasteiger partial charge on any atom is 0.240 e. The number of likely N-dealkylation sites (tertiary alicyclic amines) is 1. The molecule has 1 fully saturated rings. The predicted molar refractivity (Wildman–Crippen MR) is 59.6 cm³/mol. The summed E-state index contributed by atoms with van der Waals surface area (Å²) in [6.45, 7) is 7.05. The Labute approximate surface area is 91.6 Å². The van der Waals surface area contributed by atoms with Crippen molar-refractivity contribution in [3.05, 3.63) is 0 Å². The molecule has 1 rings (SSSR count). The minimum absolute atomic E-state index is 0.0221. The van der Waals surface area contributed by atoms with E-state index in [2.05, 4.69) is 5.32 Å². The van der Waals surface area contributed by atoms with Gasteiger partial charge in [-0.05, 0) is 19.8 Å². The fourth-order valence-corrected chi connectivity index (χ4v) is 2.04. The summed E-state index contributed by atoms with van der Waals surface area (Å²) in [7, 11) is 0. The lowest BCUT2D eigenvalue weighted by Gasteiger charge is -2.24. The van der Waals surface area contributed by atoms with Crippen LogP contribution in [0.3, 0.4) is 0 Å². The average Bonchev–Trinajstić information content (AvgIpc) is 2.48. The van der Waals surface area contributed by atoms with Crippen molar-refractivity contribution in [1.29, 1.82) is 0 Å². The lowest BCUT2D eigenvalue weighted by Crippen LogP contribution is -2.44. The number of carbonyl (C=O) groups is 1.